The van der Waals surface area contributed by atoms with Gasteiger partial charge in [-0.1, -0.05) is 0 Å². The number of rotatable bonds is 8. The van der Waals surface area contributed by atoms with E-state index in [9.17, 15) is 19.2 Å². The fourth-order valence-electron chi connectivity index (χ4n) is 2.95. The summed E-state index contributed by atoms with van der Waals surface area (Å²) in [6.07, 6.45) is 1.86. The van der Waals surface area contributed by atoms with E-state index >= 15 is 0 Å². The van der Waals surface area contributed by atoms with Crippen LogP contribution in [0.2, 0.25) is 0 Å². The van der Waals surface area contributed by atoms with Gasteiger partial charge in [-0.3, -0.25) is 9.59 Å². The second kappa shape index (κ2) is 10.2. The van der Waals surface area contributed by atoms with E-state index in [-0.39, 0.29) is 35.3 Å². The van der Waals surface area contributed by atoms with E-state index in [1.165, 1.54) is 49.4 Å². The van der Waals surface area contributed by atoms with Crippen molar-refractivity contribution < 1.29 is 28.3 Å². The lowest BCUT2D eigenvalue weighted by Gasteiger charge is -2.12. The van der Waals surface area contributed by atoms with Crippen molar-refractivity contribution >= 4 is 23.5 Å². The molecule has 1 aromatic carbocycles. The second-order valence-corrected chi connectivity index (χ2v) is 6.65. The van der Waals surface area contributed by atoms with E-state index in [2.05, 4.69) is 15.2 Å². The van der Waals surface area contributed by atoms with Crippen molar-refractivity contribution in [2.75, 3.05) is 19.5 Å². The quantitative estimate of drug-likeness (QED) is 0.530. The Labute approximate surface area is 182 Å². The molecule has 0 aliphatic heterocycles. The summed E-state index contributed by atoms with van der Waals surface area (Å²) in [5.74, 6) is -1.16. The van der Waals surface area contributed by atoms with E-state index in [0.717, 1.165) is 0 Å². The zero-order chi connectivity index (χ0) is 23.1. The molecule has 0 atom stereocenters. The number of anilines is 1. The molecule has 3 aromatic rings. The number of hydrogen-bond acceptors (Lipinski definition) is 8. The number of benzene rings is 1. The number of amides is 1. The largest absolute Gasteiger partial charge is 0.465 e. The summed E-state index contributed by atoms with van der Waals surface area (Å²) < 4.78 is 15.9. The Morgan fingerprint density at radius 3 is 2.53 bits per heavy atom. The van der Waals surface area contributed by atoms with Gasteiger partial charge in [-0.15, -0.1) is 0 Å². The smallest absolute Gasteiger partial charge is 0.339 e. The van der Waals surface area contributed by atoms with Crippen molar-refractivity contribution in [1.29, 1.82) is 0 Å². The molecule has 10 nitrogen and oxygen atoms in total. The molecule has 0 bridgehead atoms. The minimum atomic E-state index is -0.665. The predicted octanol–water partition coefficient (Wildman–Crippen LogP) is 2.50. The molecule has 0 saturated carbocycles. The standard InChI is InChI=1S/C22H21N3O7/c1-30-21(28)14-7-8-15(22(29)31-2)17(13-14)23-19(26)6-3-11-25-20(27)10-9-16(24-25)18-5-4-12-32-18/h4-5,7-10,12-13H,3,6,11H2,1-2H3,(H,23,26). The average Bonchev–Trinajstić information content (AvgIpc) is 3.34. The average molecular weight is 439 g/mol. The highest BCUT2D eigenvalue weighted by atomic mass is 16.5. The first kappa shape index (κ1) is 22.5. The molecule has 1 N–H and O–H groups in total. The maximum absolute atomic E-state index is 12.5. The Morgan fingerprint density at radius 2 is 1.84 bits per heavy atom. The predicted molar refractivity (Wildman–Crippen MR) is 113 cm³/mol. The topological polar surface area (TPSA) is 130 Å². The van der Waals surface area contributed by atoms with E-state index in [0.29, 0.717) is 17.9 Å². The first-order chi connectivity index (χ1) is 15.4. The van der Waals surface area contributed by atoms with Gasteiger partial charge >= 0.3 is 11.9 Å². The van der Waals surface area contributed by atoms with Gasteiger partial charge in [0, 0.05) is 19.0 Å². The number of methoxy groups -OCH3 is 2. The number of carbonyl (C=O) groups is 3. The molecule has 0 saturated heterocycles. The van der Waals surface area contributed by atoms with Gasteiger partial charge in [0.25, 0.3) is 5.56 Å². The van der Waals surface area contributed by atoms with Gasteiger partial charge in [0.1, 0.15) is 5.69 Å². The van der Waals surface area contributed by atoms with Crippen molar-refractivity contribution in [2.45, 2.75) is 19.4 Å². The van der Waals surface area contributed by atoms with Crippen molar-refractivity contribution in [3.8, 4) is 11.5 Å². The molecule has 3 rings (SSSR count). The van der Waals surface area contributed by atoms with Gasteiger partial charge in [-0.2, -0.15) is 5.10 Å². The normalized spacial score (nSPS) is 10.4. The fourth-order valence-corrected chi connectivity index (χ4v) is 2.95. The lowest BCUT2D eigenvalue weighted by molar-refractivity contribution is -0.116. The van der Waals surface area contributed by atoms with E-state index in [1.807, 2.05) is 0 Å². The molecule has 0 unspecified atom stereocenters. The zero-order valence-electron chi connectivity index (χ0n) is 17.5. The minimum Gasteiger partial charge on any atom is -0.465 e. The van der Waals surface area contributed by atoms with Gasteiger partial charge in [-0.25, -0.2) is 14.3 Å². The van der Waals surface area contributed by atoms with Crippen LogP contribution in [0.15, 0.2) is 57.9 Å². The van der Waals surface area contributed by atoms with Crippen molar-refractivity contribution in [2.24, 2.45) is 0 Å². The lowest BCUT2D eigenvalue weighted by Crippen LogP contribution is -2.23. The third-order valence-corrected chi connectivity index (χ3v) is 4.53. The summed E-state index contributed by atoms with van der Waals surface area (Å²) >= 11 is 0. The minimum absolute atomic E-state index is 0.0438. The highest BCUT2D eigenvalue weighted by molar-refractivity contribution is 6.03. The summed E-state index contributed by atoms with van der Waals surface area (Å²) in [6, 6.07) is 10.5. The Hall–Kier alpha value is -4.21. The van der Waals surface area contributed by atoms with Crippen LogP contribution in [0.1, 0.15) is 33.6 Å². The van der Waals surface area contributed by atoms with Crippen LogP contribution in [0.25, 0.3) is 11.5 Å². The fraction of sp³-hybridized carbons (Fsp3) is 0.227. The Balaban J connectivity index is 1.67. The number of aromatic nitrogens is 2. The SMILES string of the molecule is COC(=O)c1ccc(C(=O)OC)c(NC(=O)CCCn2nc(-c3ccco3)ccc2=O)c1. The van der Waals surface area contributed by atoms with Gasteiger partial charge in [0.2, 0.25) is 5.91 Å². The maximum Gasteiger partial charge on any atom is 0.339 e. The molecule has 0 radical (unpaired) electrons. The number of nitrogens with one attached hydrogen (secondary N) is 1. The van der Waals surface area contributed by atoms with Crippen LogP contribution in [0.4, 0.5) is 5.69 Å². The van der Waals surface area contributed by atoms with E-state index < -0.39 is 17.8 Å². The van der Waals surface area contributed by atoms with E-state index in [1.54, 1.807) is 18.2 Å². The van der Waals surface area contributed by atoms with Gasteiger partial charge in [-0.05, 0) is 42.8 Å². The molecule has 1 amide bonds. The van der Waals surface area contributed by atoms with Crippen molar-refractivity contribution in [1.82, 2.24) is 9.78 Å². The van der Waals surface area contributed by atoms with Crippen LogP contribution in [-0.2, 0) is 20.8 Å². The van der Waals surface area contributed by atoms with Crippen LogP contribution >= 0.6 is 0 Å². The number of ether oxygens (including phenoxy) is 2. The first-order valence-electron chi connectivity index (χ1n) is 9.65. The Kier molecular flexibility index (Phi) is 7.17. The molecule has 0 spiro atoms. The summed E-state index contributed by atoms with van der Waals surface area (Å²) in [5, 5.41) is 6.86. The Morgan fingerprint density at radius 1 is 1.06 bits per heavy atom. The van der Waals surface area contributed by atoms with Gasteiger partial charge in [0.05, 0.1) is 37.3 Å². The molecule has 166 valence electrons. The van der Waals surface area contributed by atoms with Crippen LogP contribution in [0.3, 0.4) is 0 Å². The molecular weight excluding hydrogens is 418 g/mol. The molecule has 2 aromatic heterocycles. The van der Waals surface area contributed by atoms with Crippen LogP contribution in [0, 0.1) is 0 Å². The Bertz CT molecular complexity index is 1180. The molecule has 0 fully saturated rings. The summed E-state index contributed by atoms with van der Waals surface area (Å²) in [6.45, 7) is 0.201. The molecule has 32 heavy (non-hydrogen) atoms. The first-order valence-corrected chi connectivity index (χ1v) is 9.65. The number of aryl methyl sites for hydroxylation is 1. The molecule has 0 aliphatic rings. The maximum atomic E-state index is 12.5. The number of furan rings is 1. The number of carbonyl (C=O) groups excluding carboxylic acids is 3. The van der Waals surface area contributed by atoms with Crippen LogP contribution in [-0.4, -0.2) is 41.8 Å². The molecule has 0 aliphatic carbocycles. The van der Waals surface area contributed by atoms with Gasteiger partial charge < -0.3 is 19.2 Å². The second-order valence-electron chi connectivity index (χ2n) is 6.65. The molecular formula is C22H21N3O7. The highest BCUT2D eigenvalue weighted by Gasteiger charge is 2.17. The van der Waals surface area contributed by atoms with Gasteiger partial charge in [0.15, 0.2) is 5.76 Å². The number of hydrogen-bond donors (Lipinski definition) is 1. The third-order valence-electron chi connectivity index (χ3n) is 4.53. The summed E-state index contributed by atoms with van der Waals surface area (Å²) in [7, 11) is 2.44. The summed E-state index contributed by atoms with van der Waals surface area (Å²) in [4.78, 5) is 48.3. The third kappa shape index (κ3) is 5.28. The van der Waals surface area contributed by atoms with Crippen molar-refractivity contribution in [3.63, 3.8) is 0 Å². The highest BCUT2D eigenvalue weighted by Crippen LogP contribution is 2.20. The van der Waals surface area contributed by atoms with Crippen LogP contribution < -0.4 is 10.9 Å². The molecule has 10 heteroatoms. The van der Waals surface area contributed by atoms with E-state index in [4.69, 9.17) is 9.15 Å². The zero-order valence-corrected chi connectivity index (χ0v) is 17.5. The van der Waals surface area contributed by atoms with Crippen LogP contribution in [0.5, 0.6) is 0 Å². The van der Waals surface area contributed by atoms with Crippen molar-refractivity contribution in [3.05, 3.63) is 70.2 Å². The lowest BCUT2D eigenvalue weighted by atomic mass is 10.1. The molecule has 2 heterocycles. The monoisotopic (exact) mass is 439 g/mol. The number of esters is 2. The summed E-state index contributed by atoms with van der Waals surface area (Å²) in [5.41, 5.74) is 0.583. The number of nitrogens with zero attached hydrogens (tertiary/aromatic N) is 2.